The van der Waals surface area contributed by atoms with Crippen molar-refractivity contribution in [2.45, 2.75) is 459 Å². The molecule has 0 fully saturated rings. The molecule has 0 rings (SSSR count). The Hall–Kier alpha value is -1.94. The van der Waals surface area contributed by atoms with Gasteiger partial charge >= 0.3 is 39.5 Å². The van der Waals surface area contributed by atoms with Gasteiger partial charge in [0, 0.05) is 25.7 Å². The van der Waals surface area contributed by atoms with E-state index in [1.54, 1.807) is 0 Å². The van der Waals surface area contributed by atoms with Crippen molar-refractivity contribution in [2.24, 2.45) is 23.7 Å². The van der Waals surface area contributed by atoms with Gasteiger partial charge in [0.1, 0.15) is 19.3 Å². The molecule has 0 aliphatic heterocycles. The van der Waals surface area contributed by atoms with Gasteiger partial charge < -0.3 is 33.8 Å². The fourth-order valence-corrected chi connectivity index (χ4v) is 14.7. The fourth-order valence-electron chi connectivity index (χ4n) is 13.1. The second-order valence-corrected chi connectivity index (χ2v) is 35.2. The van der Waals surface area contributed by atoms with E-state index in [0.29, 0.717) is 25.7 Å². The molecule has 0 aromatic carbocycles. The van der Waals surface area contributed by atoms with Crippen molar-refractivity contribution in [1.82, 2.24) is 0 Å². The lowest BCUT2D eigenvalue weighted by Gasteiger charge is -2.21. The maximum Gasteiger partial charge on any atom is 0.472 e. The van der Waals surface area contributed by atoms with Crippen LogP contribution in [0.15, 0.2) is 0 Å². The van der Waals surface area contributed by atoms with E-state index in [1.807, 2.05) is 0 Å². The van der Waals surface area contributed by atoms with Crippen molar-refractivity contribution < 1.29 is 80.2 Å². The van der Waals surface area contributed by atoms with E-state index in [1.165, 1.54) is 244 Å². The number of aliphatic hydroxyl groups excluding tert-OH is 1. The molecular formula is C85H166O17P2. The Labute approximate surface area is 638 Å². The molecule has 6 atom stereocenters. The van der Waals surface area contributed by atoms with Crippen molar-refractivity contribution in [3.8, 4) is 0 Å². The first-order valence-corrected chi connectivity index (χ1v) is 46.7. The summed E-state index contributed by atoms with van der Waals surface area (Å²) >= 11 is 0. The van der Waals surface area contributed by atoms with Crippen molar-refractivity contribution in [1.29, 1.82) is 0 Å². The minimum Gasteiger partial charge on any atom is -0.462 e. The van der Waals surface area contributed by atoms with Gasteiger partial charge in [-0.2, -0.15) is 0 Å². The molecule has 0 heterocycles. The minimum atomic E-state index is -4.97. The topological polar surface area (TPSA) is 237 Å². The number of phosphoric acid groups is 2. The predicted octanol–water partition coefficient (Wildman–Crippen LogP) is 25.6. The Kier molecular flexibility index (Phi) is 72.5. The standard InChI is InChI=1S/C85H166O17P2/c1-9-78(8)64-56-48-40-32-26-27-35-44-52-60-68-85(90)102-81(72-96-83(88)66-58-50-42-36-28-31-39-47-55-63-77(6)7)74-100-104(93,94)98-70-79(86)69-97-103(91,92)99-73-80(71-95-82(87)65-57-49-41-33-24-20-17-16-19-23-30-38-46-54-62-76(4)5)101-84(89)67-59-51-43-34-25-21-15-13-11-10-12-14-18-22-29-37-45-53-61-75(2)3/h75-81,86H,9-74H2,1-8H3,(H,91,92)(H,93,94)/t78?,79-,80-,81-/m1/s1. The van der Waals surface area contributed by atoms with Crippen LogP contribution in [-0.4, -0.2) is 96.7 Å². The summed E-state index contributed by atoms with van der Waals surface area (Å²) in [5.41, 5.74) is 0. The summed E-state index contributed by atoms with van der Waals surface area (Å²) in [5, 5.41) is 10.7. The summed E-state index contributed by atoms with van der Waals surface area (Å²) in [7, 11) is -9.93. The smallest absolute Gasteiger partial charge is 0.462 e. The molecule has 0 bridgehead atoms. The molecular weight excluding hydrogens is 1350 g/mol. The SMILES string of the molecule is CCC(C)CCCCCCCCCCCCC(=O)O[C@H](COC(=O)CCCCCCCCCCCC(C)C)COP(=O)(O)OC[C@H](O)COP(=O)(O)OC[C@@H](COC(=O)CCCCCCCCCCCCCCCCC(C)C)OC(=O)CCCCCCCCCCCCCCCCCCCCC(C)C. The largest absolute Gasteiger partial charge is 0.472 e. The number of carbonyl (C=O) groups is 4. The Bertz CT molecular complexity index is 2030. The monoisotopic (exact) mass is 1520 g/mol. The summed E-state index contributed by atoms with van der Waals surface area (Å²) < 4.78 is 68.9. The van der Waals surface area contributed by atoms with Gasteiger partial charge in [-0.25, -0.2) is 9.13 Å². The number of rotatable bonds is 82. The van der Waals surface area contributed by atoms with E-state index in [0.717, 1.165) is 114 Å². The first kappa shape index (κ1) is 102. The van der Waals surface area contributed by atoms with Gasteiger partial charge in [0.05, 0.1) is 26.4 Å². The molecule has 0 saturated heterocycles. The highest BCUT2D eigenvalue weighted by atomic mass is 31.2. The Morgan fingerprint density at radius 1 is 0.269 bits per heavy atom. The molecule has 0 aliphatic rings. The van der Waals surface area contributed by atoms with E-state index in [4.69, 9.17) is 37.0 Å². The molecule has 0 aromatic rings. The summed E-state index contributed by atoms with van der Waals surface area (Å²) in [6.45, 7) is 14.3. The van der Waals surface area contributed by atoms with Gasteiger partial charge in [0.2, 0.25) is 0 Å². The van der Waals surface area contributed by atoms with E-state index in [2.05, 4.69) is 55.4 Å². The Morgan fingerprint density at radius 3 is 0.683 bits per heavy atom. The summed E-state index contributed by atoms with van der Waals surface area (Å²) in [6, 6.07) is 0. The zero-order valence-electron chi connectivity index (χ0n) is 68.7. The molecule has 0 aliphatic carbocycles. The van der Waals surface area contributed by atoms with E-state index >= 15 is 0 Å². The van der Waals surface area contributed by atoms with Crippen LogP contribution < -0.4 is 0 Å². The van der Waals surface area contributed by atoms with Gasteiger partial charge in [-0.15, -0.1) is 0 Å². The second kappa shape index (κ2) is 73.8. The molecule has 0 spiro atoms. The Morgan fingerprint density at radius 2 is 0.462 bits per heavy atom. The lowest BCUT2D eigenvalue weighted by Crippen LogP contribution is -2.30. The zero-order valence-corrected chi connectivity index (χ0v) is 70.5. The number of phosphoric ester groups is 2. The summed E-state index contributed by atoms with van der Waals surface area (Å²) in [5.74, 6) is 1.06. The maximum absolute atomic E-state index is 13.1. The van der Waals surface area contributed by atoms with Gasteiger partial charge in [-0.05, 0) is 49.4 Å². The fraction of sp³-hybridized carbons (Fsp3) is 0.953. The van der Waals surface area contributed by atoms with Crippen LogP contribution >= 0.6 is 15.6 Å². The quantitative estimate of drug-likeness (QED) is 0.0222. The van der Waals surface area contributed by atoms with Gasteiger partial charge in [0.25, 0.3) is 0 Å². The third-order valence-corrected chi connectivity index (χ3v) is 22.1. The molecule has 0 saturated carbocycles. The molecule has 0 aromatic heterocycles. The third kappa shape index (κ3) is 76.8. The van der Waals surface area contributed by atoms with Crippen molar-refractivity contribution >= 4 is 39.5 Å². The lowest BCUT2D eigenvalue weighted by atomic mass is 9.99. The van der Waals surface area contributed by atoms with Crippen LogP contribution in [0, 0.1) is 23.7 Å². The van der Waals surface area contributed by atoms with Crippen LogP contribution in [0.2, 0.25) is 0 Å². The lowest BCUT2D eigenvalue weighted by molar-refractivity contribution is -0.161. The molecule has 618 valence electrons. The highest BCUT2D eigenvalue weighted by Gasteiger charge is 2.30. The van der Waals surface area contributed by atoms with Crippen LogP contribution in [0.4, 0.5) is 0 Å². The molecule has 17 nitrogen and oxygen atoms in total. The molecule has 19 heteroatoms. The molecule has 0 radical (unpaired) electrons. The van der Waals surface area contributed by atoms with E-state index < -0.39 is 97.5 Å². The highest BCUT2D eigenvalue weighted by Crippen LogP contribution is 2.45. The minimum absolute atomic E-state index is 0.106. The van der Waals surface area contributed by atoms with Crippen LogP contribution in [0.3, 0.4) is 0 Å². The first-order valence-electron chi connectivity index (χ1n) is 43.7. The third-order valence-electron chi connectivity index (χ3n) is 20.2. The molecule has 3 unspecified atom stereocenters. The average Bonchev–Trinajstić information content (AvgIpc) is 0.928. The molecule has 104 heavy (non-hydrogen) atoms. The number of carbonyl (C=O) groups excluding carboxylic acids is 4. The number of hydrogen-bond donors (Lipinski definition) is 3. The normalized spacial score (nSPS) is 14.2. The second-order valence-electron chi connectivity index (χ2n) is 32.2. The van der Waals surface area contributed by atoms with Crippen LogP contribution in [-0.2, 0) is 65.4 Å². The zero-order chi connectivity index (χ0) is 76.7. The number of unbranched alkanes of at least 4 members (excludes halogenated alkanes) is 47. The summed E-state index contributed by atoms with van der Waals surface area (Å²) in [4.78, 5) is 73.2. The van der Waals surface area contributed by atoms with Crippen LogP contribution in [0.25, 0.3) is 0 Å². The average molecular weight is 1520 g/mol. The molecule has 0 amide bonds. The van der Waals surface area contributed by atoms with Crippen molar-refractivity contribution in [3.05, 3.63) is 0 Å². The van der Waals surface area contributed by atoms with Gasteiger partial charge in [0.15, 0.2) is 12.2 Å². The number of hydrogen-bond acceptors (Lipinski definition) is 15. The number of aliphatic hydroxyl groups is 1. The van der Waals surface area contributed by atoms with Gasteiger partial charge in [-0.1, -0.05) is 389 Å². The first-order chi connectivity index (χ1) is 50.1. The van der Waals surface area contributed by atoms with E-state index in [9.17, 15) is 43.2 Å². The number of ether oxygens (including phenoxy) is 4. The predicted molar refractivity (Wildman–Crippen MR) is 428 cm³/mol. The summed E-state index contributed by atoms with van der Waals surface area (Å²) in [6.07, 6.45) is 62.4. The number of esters is 4. The Balaban J connectivity index is 5.25. The molecule has 3 N–H and O–H groups in total. The van der Waals surface area contributed by atoms with Crippen LogP contribution in [0.5, 0.6) is 0 Å². The highest BCUT2D eigenvalue weighted by molar-refractivity contribution is 7.47. The van der Waals surface area contributed by atoms with Crippen LogP contribution in [0.1, 0.15) is 441 Å². The van der Waals surface area contributed by atoms with Crippen molar-refractivity contribution in [2.75, 3.05) is 39.6 Å². The van der Waals surface area contributed by atoms with Crippen molar-refractivity contribution in [3.63, 3.8) is 0 Å². The van der Waals surface area contributed by atoms with Gasteiger partial charge in [-0.3, -0.25) is 37.3 Å². The van der Waals surface area contributed by atoms with E-state index in [-0.39, 0.29) is 25.7 Å². The maximum atomic E-state index is 13.1.